The molecular formula is C23H25FN2O4S. The minimum absolute atomic E-state index is 0.000858. The van der Waals surface area contributed by atoms with Gasteiger partial charge < -0.3 is 9.80 Å². The highest BCUT2D eigenvalue weighted by atomic mass is 32.2. The number of hydrogen-bond acceptors (Lipinski definition) is 4. The summed E-state index contributed by atoms with van der Waals surface area (Å²) in [5.74, 6) is -0.878. The van der Waals surface area contributed by atoms with Crippen molar-refractivity contribution in [3.63, 3.8) is 0 Å². The molecule has 0 bridgehead atoms. The zero-order valence-electron chi connectivity index (χ0n) is 17.8. The van der Waals surface area contributed by atoms with Gasteiger partial charge in [0.1, 0.15) is 10.7 Å². The van der Waals surface area contributed by atoms with Crippen LogP contribution in [0.3, 0.4) is 0 Å². The molecule has 1 saturated carbocycles. The molecule has 1 aliphatic heterocycles. The van der Waals surface area contributed by atoms with Crippen molar-refractivity contribution in [3.8, 4) is 11.1 Å². The third-order valence-electron chi connectivity index (χ3n) is 6.14. The lowest BCUT2D eigenvalue weighted by Crippen LogP contribution is -2.53. The van der Waals surface area contributed by atoms with Crippen molar-refractivity contribution in [1.82, 2.24) is 0 Å². The fourth-order valence-electron chi connectivity index (χ4n) is 4.35. The Kier molecular flexibility index (Phi) is 5.37. The molecule has 1 fully saturated rings. The molecular weight excluding hydrogens is 419 g/mol. The van der Waals surface area contributed by atoms with Gasteiger partial charge in [-0.15, -0.1) is 0 Å². The molecule has 2 aromatic rings. The average Bonchev–Trinajstić information content (AvgIpc) is 2.64. The van der Waals surface area contributed by atoms with Crippen molar-refractivity contribution >= 4 is 33.0 Å². The Morgan fingerprint density at radius 3 is 2.23 bits per heavy atom. The van der Waals surface area contributed by atoms with Crippen LogP contribution in [-0.4, -0.2) is 39.1 Å². The summed E-state index contributed by atoms with van der Waals surface area (Å²) in [5, 5.41) is 0. The molecule has 8 heteroatoms. The maximum absolute atomic E-state index is 14.5. The number of carbonyl (C=O) groups is 2. The quantitative estimate of drug-likeness (QED) is 0.722. The van der Waals surface area contributed by atoms with E-state index in [1.54, 1.807) is 34.1 Å². The Bertz CT molecular complexity index is 1170. The van der Waals surface area contributed by atoms with Gasteiger partial charge in [0.25, 0.3) is 0 Å². The van der Waals surface area contributed by atoms with E-state index < -0.39 is 15.7 Å². The van der Waals surface area contributed by atoms with Crippen LogP contribution in [0.2, 0.25) is 0 Å². The predicted molar refractivity (Wildman–Crippen MR) is 117 cm³/mol. The highest BCUT2D eigenvalue weighted by Crippen LogP contribution is 2.41. The number of carbonyl (C=O) groups excluding carboxylic acids is 2. The van der Waals surface area contributed by atoms with Crippen molar-refractivity contribution < 1.29 is 22.4 Å². The lowest BCUT2D eigenvalue weighted by atomic mass is 9.84. The zero-order chi connectivity index (χ0) is 22.5. The van der Waals surface area contributed by atoms with Crippen LogP contribution in [0.15, 0.2) is 41.3 Å². The SMILES string of the molecule is CC(=O)N1c2ccc(-c3ccc(S(C)(=O)=O)c(F)c3)cc2N(C(=O)C2CCC2)CC1C. The van der Waals surface area contributed by atoms with Gasteiger partial charge in [-0.25, -0.2) is 12.8 Å². The van der Waals surface area contributed by atoms with Crippen LogP contribution < -0.4 is 9.80 Å². The van der Waals surface area contributed by atoms with Gasteiger partial charge in [-0.2, -0.15) is 0 Å². The summed E-state index contributed by atoms with van der Waals surface area (Å²) < 4.78 is 37.9. The predicted octanol–water partition coefficient (Wildman–Crippen LogP) is 3.78. The minimum Gasteiger partial charge on any atom is -0.308 e. The summed E-state index contributed by atoms with van der Waals surface area (Å²) >= 11 is 0. The van der Waals surface area contributed by atoms with Crippen LogP contribution in [0.25, 0.3) is 11.1 Å². The molecule has 0 spiro atoms. The Morgan fingerprint density at radius 1 is 1.03 bits per heavy atom. The Labute approximate surface area is 181 Å². The van der Waals surface area contributed by atoms with Crippen LogP contribution >= 0.6 is 0 Å². The van der Waals surface area contributed by atoms with Crippen LogP contribution in [0.1, 0.15) is 33.1 Å². The van der Waals surface area contributed by atoms with E-state index in [0.717, 1.165) is 25.5 Å². The fourth-order valence-corrected chi connectivity index (χ4v) is 5.08. The highest BCUT2D eigenvalue weighted by molar-refractivity contribution is 7.90. The molecule has 1 aliphatic carbocycles. The van der Waals surface area contributed by atoms with Gasteiger partial charge in [-0.3, -0.25) is 9.59 Å². The molecule has 164 valence electrons. The van der Waals surface area contributed by atoms with E-state index in [4.69, 9.17) is 0 Å². The summed E-state index contributed by atoms with van der Waals surface area (Å²) in [6.45, 7) is 3.81. The third-order valence-corrected chi connectivity index (χ3v) is 7.27. The monoisotopic (exact) mass is 444 g/mol. The Balaban J connectivity index is 1.81. The van der Waals surface area contributed by atoms with Crippen molar-refractivity contribution in [2.45, 2.75) is 44.0 Å². The maximum atomic E-state index is 14.5. The summed E-state index contributed by atoms with van der Waals surface area (Å²) in [4.78, 5) is 28.5. The van der Waals surface area contributed by atoms with Gasteiger partial charge >= 0.3 is 0 Å². The highest BCUT2D eigenvalue weighted by Gasteiger charge is 2.37. The molecule has 31 heavy (non-hydrogen) atoms. The van der Waals surface area contributed by atoms with Crippen molar-refractivity contribution in [1.29, 1.82) is 0 Å². The number of fused-ring (bicyclic) bond motifs is 1. The standard InChI is InChI=1S/C23H25FN2O4S/c1-14-13-25(23(28)16-5-4-6-16)21-12-18(7-9-20(21)26(14)15(2)27)17-8-10-22(19(24)11-17)31(3,29)30/h7-12,14,16H,4-6,13H2,1-3H3. The molecule has 0 aromatic heterocycles. The van der Waals surface area contributed by atoms with Gasteiger partial charge in [-0.05, 0) is 55.2 Å². The molecule has 1 atom stereocenters. The first-order valence-electron chi connectivity index (χ1n) is 10.3. The van der Waals surface area contributed by atoms with Crippen molar-refractivity contribution in [2.24, 2.45) is 5.92 Å². The largest absolute Gasteiger partial charge is 0.308 e. The van der Waals surface area contributed by atoms with Crippen LogP contribution in [0, 0.1) is 11.7 Å². The van der Waals surface area contributed by atoms with E-state index in [2.05, 4.69) is 0 Å². The number of halogens is 1. The van der Waals surface area contributed by atoms with E-state index in [0.29, 0.717) is 29.0 Å². The first kappa shape index (κ1) is 21.5. The summed E-state index contributed by atoms with van der Waals surface area (Å²) in [5.41, 5.74) is 2.41. The van der Waals surface area contributed by atoms with Crippen LogP contribution in [0.5, 0.6) is 0 Å². The van der Waals surface area contributed by atoms with Crippen molar-refractivity contribution in [3.05, 3.63) is 42.2 Å². The number of sulfone groups is 1. The summed E-state index contributed by atoms with van der Waals surface area (Å²) in [6.07, 6.45) is 3.74. The minimum atomic E-state index is -3.67. The smallest absolute Gasteiger partial charge is 0.230 e. The van der Waals surface area contributed by atoms with E-state index in [9.17, 15) is 22.4 Å². The molecule has 2 amide bonds. The first-order chi connectivity index (χ1) is 14.6. The van der Waals surface area contributed by atoms with Gasteiger partial charge in [0.05, 0.1) is 17.4 Å². The van der Waals surface area contributed by atoms with Gasteiger partial charge in [0.2, 0.25) is 11.8 Å². The molecule has 4 rings (SSSR count). The fraction of sp³-hybridized carbons (Fsp3) is 0.391. The maximum Gasteiger partial charge on any atom is 0.230 e. The van der Waals surface area contributed by atoms with E-state index in [-0.39, 0.29) is 28.7 Å². The topological polar surface area (TPSA) is 74.8 Å². The third kappa shape index (κ3) is 3.84. The van der Waals surface area contributed by atoms with Crippen LogP contribution in [-0.2, 0) is 19.4 Å². The number of hydrogen-bond donors (Lipinski definition) is 0. The summed E-state index contributed by atoms with van der Waals surface area (Å²) in [6, 6.07) is 9.13. The number of rotatable bonds is 3. The molecule has 6 nitrogen and oxygen atoms in total. The first-order valence-corrected chi connectivity index (χ1v) is 12.2. The molecule has 0 radical (unpaired) electrons. The molecule has 1 unspecified atom stereocenters. The Morgan fingerprint density at radius 2 is 1.68 bits per heavy atom. The molecule has 0 N–H and O–H groups in total. The lowest BCUT2D eigenvalue weighted by molar-refractivity contribution is -0.125. The van der Waals surface area contributed by atoms with E-state index in [1.165, 1.54) is 19.1 Å². The van der Waals surface area contributed by atoms with Crippen LogP contribution in [0.4, 0.5) is 15.8 Å². The normalized spacial score (nSPS) is 19.0. The van der Waals surface area contributed by atoms with E-state index in [1.807, 2.05) is 6.92 Å². The zero-order valence-corrected chi connectivity index (χ0v) is 18.6. The molecule has 0 saturated heterocycles. The molecule has 2 aromatic carbocycles. The molecule has 2 aliphatic rings. The van der Waals surface area contributed by atoms with Crippen molar-refractivity contribution in [2.75, 3.05) is 22.6 Å². The van der Waals surface area contributed by atoms with Gasteiger partial charge in [0.15, 0.2) is 9.84 Å². The number of anilines is 2. The van der Waals surface area contributed by atoms with Gasteiger partial charge in [-0.1, -0.05) is 18.6 Å². The number of benzene rings is 2. The molecule has 1 heterocycles. The summed E-state index contributed by atoms with van der Waals surface area (Å²) in [7, 11) is -3.67. The number of nitrogens with zero attached hydrogens (tertiary/aromatic N) is 2. The second kappa shape index (κ2) is 7.75. The Hall–Kier alpha value is -2.74. The lowest BCUT2D eigenvalue weighted by Gasteiger charge is -2.43. The average molecular weight is 445 g/mol. The second-order valence-corrected chi connectivity index (χ2v) is 10.4. The number of amides is 2. The van der Waals surface area contributed by atoms with Gasteiger partial charge in [0, 0.05) is 25.6 Å². The second-order valence-electron chi connectivity index (χ2n) is 8.44. The van der Waals surface area contributed by atoms with E-state index >= 15 is 0 Å².